The van der Waals surface area contributed by atoms with E-state index in [2.05, 4.69) is 30.6 Å². The van der Waals surface area contributed by atoms with Crippen LogP contribution in [0.5, 0.6) is 5.88 Å². The van der Waals surface area contributed by atoms with E-state index in [0.29, 0.717) is 18.3 Å². The number of fused-ring (bicyclic) bond motifs is 1. The van der Waals surface area contributed by atoms with Crippen molar-refractivity contribution in [1.82, 2.24) is 29.3 Å². The number of ether oxygens (including phenoxy) is 1. The Bertz CT molecular complexity index is 1040. The van der Waals surface area contributed by atoms with Crippen molar-refractivity contribution in [2.45, 2.75) is 38.8 Å². The number of likely N-dealkylation sites (tertiary alicyclic amines) is 1. The molecular weight excluding hydrogens is 368 g/mol. The molecule has 1 aliphatic rings. The molecule has 8 nitrogen and oxygen atoms in total. The fourth-order valence-corrected chi connectivity index (χ4v) is 4.00. The lowest BCUT2D eigenvalue weighted by molar-refractivity contribution is -0.128. The Balaban J connectivity index is 1.64. The van der Waals surface area contributed by atoms with Gasteiger partial charge >= 0.3 is 0 Å². The van der Waals surface area contributed by atoms with E-state index in [0.717, 1.165) is 29.6 Å². The van der Waals surface area contributed by atoms with Crippen molar-refractivity contribution in [3.63, 3.8) is 0 Å². The van der Waals surface area contributed by atoms with Crippen molar-refractivity contribution < 1.29 is 9.53 Å². The lowest BCUT2D eigenvalue weighted by atomic mass is 10.0. The number of aryl methyl sites for hydroxylation is 1. The van der Waals surface area contributed by atoms with E-state index in [9.17, 15) is 4.79 Å². The molecule has 8 heteroatoms. The lowest BCUT2D eigenvalue weighted by Crippen LogP contribution is -2.39. The van der Waals surface area contributed by atoms with Crippen molar-refractivity contribution in [3.8, 4) is 17.1 Å². The van der Waals surface area contributed by atoms with Crippen LogP contribution in [0.2, 0.25) is 0 Å². The van der Waals surface area contributed by atoms with Crippen molar-refractivity contribution in [3.05, 3.63) is 43.5 Å². The maximum Gasteiger partial charge on any atom is 0.246 e. The summed E-state index contributed by atoms with van der Waals surface area (Å²) in [4.78, 5) is 18.9. The molecule has 1 amide bonds. The number of amides is 1. The zero-order valence-corrected chi connectivity index (χ0v) is 17.0. The minimum Gasteiger partial charge on any atom is -0.473 e. The van der Waals surface area contributed by atoms with E-state index in [1.54, 1.807) is 21.6 Å². The summed E-state index contributed by atoms with van der Waals surface area (Å²) in [5.41, 5.74) is 2.48. The van der Waals surface area contributed by atoms with Crippen LogP contribution < -0.4 is 4.74 Å². The minimum atomic E-state index is -0.0436. The summed E-state index contributed by atoms with van der Waals surface area (Å²) in [5.74, 6) is 0.841. The van der Waals surface area contributed by atoms with Crippen LogP contribution in [0, 0.1) is 5.92 Å². The highest BCUT2D eigenvalue weighted by atomic mass is 16.5. The highest BCUT2D eigenvalue weighted by Crippen LogP contribution is 2.29. The molecule has 4 heterocycles. The third-order valence-corrected chi connectivity index (χ3v) is 5.40. The Morgan fingerprint density at radius 1 is 1.28 bits per heavy atom. The molecule has 4 rings (SSSR count). The van der Waals surface area contributed by atoms with Crippen molar-refractivity contribution in [2.75, 3.05) is 6.54 Å². The molecule has 3 atom stereocenters. The maximum atomic E-state index is 12.2. The molecule has 3 aromatic heterocycles. The Hall–Kier alpha value is -3.16. The van der Waals surface area contributed by atoms with Gasteiger partial charge in [-0.3, -0.25) is 9.48 Å². The van der Waals surface area contributed by atoms with E-state index >= 15 is 0 Å². The lowest BCUT2D eigenvalue weighted by Gasteiger charge is -2.27. The summed E-state index contributed by atoms with van der Waals surface area (Å²) in [6.45, 7) is 8.54. The third-order valence-electron chi connectivity index (χ3n) is 5.40. The Kier molecular flexibility index (Phi) is 5.08. The highest BCUT2D eigenvalue weighted by Gasteiger charge is 2.30. The fourth-order valence-electron chi connectivity index (χ4n) is 4.00. The smallest absolute Gasteiger partial charge is 0.246 e. The number of carbonyl (C=O) groups excluding carboxylic acids is 1. The number of rotatable bonds is 4. The van der Waals surface area contributed by atoms with Gasteiger partial charge in [0.25, 0.3) is 0 Å². The summed E-state index contributed by atoms with van der Waals surface area (Å²) in [6.07, 6.45) is 10.2. The number of carbonyl (C=O) groups is 1. The van der Waals surface area contributed by atoms with E-state index in [4.69, 9.17) is 9.72 Å². The average molecular weight is 394 g/mol. The zero-order valence-electron chi connectivity index (χ0n) is 17.0. The summed E-state index contributed by atoms with van der Waals surface area (Å²) in [6, 6.07) is 1.96. The van der Waals surface area contributed by atoms with Gasteiger partial charge < -0.3 is 9.64 Å². The molecule has 0 aromatic carbocycles. The van der Waals surface area contributed by atoms with Crippen LogP contribution in [-0.2, 0) is 11.8 Å². The van der Waals surface area contributed by atoms with Crippen molar-refractivity contribution >= 4 is 11.4 Å². The minimum absolute atomic E-state index is 0.0279. The SMILES string of the molecule is C=CC(=O)N1C[C@@H](C)CC(Oc2nc(-c3cnn(C)c3)cn3nccc23)C[C@H]1C. The predicted molar refractivity (Wildman–Crippen MR) is 109 cm³/mol. The monoisotopic (exact) mass is 394 g/mol. The van der Waals surface area contributed by atoms with Gasteiger partial charge in [0.2, 0.25) is 11.8 Å². The predicted octanol–water partition coefficient (Wildman–Crippen LogP) is 2.71. The molecule has 3 aromatic rings. The normalized spacial score (nSPS) is 22.4. The van der Waals surface area contributed by atoms with Crippen LogP contribution in [0.3, 0.4) is 0 Å². The molecule has 0 aliphatic carbocycles. The summed E-state index contributed by atoms with van der Waals surface area (Å²) in [5, 5.41) is 8.60. The molecule has 1 unspecified atom stereocenters. The number of nitrogens with zero attached hydrogens (tertiary/aromatic N) is 6. The van der Waals surface area contributed by atoms with Crippen LogP contribution >= 0.6 is 0 Å². The zero-order chi connectivity index (χ0) is 20.5. The largest absolute Gasteiger partial charge is 0.473 e. The topological polar surface area (TPSA) is 77.6 Å². The quantitative estimate of drug-likeness (QED) is 0.636. The molecular formula is C21H26N6O2. The van der Waals surface area contributed by atoms with Gasteiger partial charge in [-0.2, -0.15) is 10.2 Å². The first kappa shape index (κ1) is 19.2. The summed E-state index contributed by atoms with van der Waals surface area (Å²) in [7, 11) is 1.87. The molecule has 1 saturated heterocycles. The van der Waals surface area contributed by atoms with Gasteiger partial charge in [-0.1, -0.05) is 13.5 Å². The first-order valence-electron chi connectivity index (χ1n) is 9.87. The van der Waals surface area contributed by atoms with Crippen molar-refractivity contribution in [1.29, 1.82) is 0 Å². The Morgan fingerprint density at radius 2 is 2.10 bits per heavy atom. The van der Waals surface area contributed by atoms with Gasteiger partial charge in [0.1, 0.15) is 11.6 Å². The first-order valence-corrected chi connectivity index (χ1v) is 9.87. The fraction of sp³-hybridized carbons (Fsp3) is 0.429. The van der Waals surface area contributed by atoms with Gasteiger partial charge in [0, 0.05) is 37.8 Å². The Morgan fingerprint density at radius 3 is 2.83 bits per heavy atom. The molecule has 29 heavy (non-hydrogen) atoms. The van der Waals surface area contributed by atoms with E-state index in [1.807, 2.05) is 30.4 Å². The van der Waals surface area contributed by atoms with Crippen LogP contribution in [0.15, 0.2) is 43.5 Å². The molecule has 152 valence electrons. The average Bonchev–Trinajstić information content (AvgIpc) is 3.31. The van der Waals surface area contributed by atoms with Crippen LogP contribution in [0.4, 0.5) is 0 Å². The molecule has 1 aliphatic heterocycles. The summed E-state index contributed by atoms with van der Waals surface area (Å²) < 4.78 is 9.94. The van der Waals surface area contributed by atoms with Crippen LogP contribution in [0.25, 0.3) is 16.8 Å². The van der Waals surface area contributed by atoms with Crippen LogP contribution in [0.1, 0.15) is 26.7 Å². The maximum absolute atomic E-state index is 12.2. The van der Waals surface area contributed by atoms with Crippen molar-refractivity contribution in [2.24, 2.45) is 13.0 Å². The van der Waals surface area contributed by atoms with Gasteiger partial charge in [-0.15, -0.1) is 0 Å². The molecule has 0 spiro atoms. The summed E-state index contributed by atoms with van der Waals surface area (Å²) >= 11 is 0. The standard InChI is InChI=1S/C21H26N6O2/c1-5-20(28)26-11-14(2)8-17(9-15(26)3)29-21-19-6-7-22-27(19)13-18(24-21)16-10-23-25(4)12-16/h5-7,10,12-15,17H,1,8-9,11H2,2-4H3/t14-,15+,17?/m0/s1. The van der Waals surface area contributed by atoms with Gasteiger partial charge in [-0.05, 0) is 31.4 Å². The Labute approximate surface area is 169 Å². The third kappa shape index (κ3) is 3.87. The van der Waals surface area contributed by atoms with Gasteiger partial charge in [0.15, 0.2) is 0 Å². The second-order valence-corrected chi connectivity index (χ2v) is 7.86. The second-order valence-electron chi connectivity index (χ2n) is 7.86. The molecule has 0 radical (unpaired) electrons. The number of hydrogen-bond donors (Lipinski definition) is 0. The first-order chi connectivity index (χ1) is 13.9. The van der Waals surface area contributed by atoms with E-state index in [1.165, 1.54) is 6.08 Å². The molecule has 0 N–H and O–H groups in total. The number of aromatic nitrogens is 5. The van der Waals surface area contributed by atoms with Gasteiger partial charge in [0.05, 0.1) is 24.3 Å². The van der Waals surface area contributed by atoms with E-state index < -0.39 is 0 Å². The van der Waals surface area contributed by atoms with Gasteiger partial charge in [-0.25, -0.2) is 9.50 Å². The van der Waals surface area contributed by atoms with Crippen LogP contribution in [-0.4, -0.2) is 53.9 Å². The molecule has 0 bridgehead atoms. The highest BCUT2D eigenvalue weighted by molar-refractivity contribution is 5.87. The molecule has 0 saturated carbocycles. The second kappa shape index (κ2) is 7.69. The van der Waals surface area contributed by atoms with E-state index in [-0.39, 0.29) is 18.1 Å². The molecule has 1 fully saturated rings. The number of hydrogen-bond acceptors (Lipinski definition) is 5.